The lowest BCUT2D eigenvalue weighted by Crippen LogP contribution is -2.37. The van der Waals surface area contributed by atoms with Gasteiger partial charge in [0.15, 0.2) is 5.84 Å². The Kier molecular flexibility index (Phi) is 7.08. The molecule has 96 valence electrons. The molecule has 0 aromatic rings. The van der Waals surface area contributed by atoms with E-state index in [1.807, 2.05) is 20.8 Å². The van der Waals surface area contributed by atoms with Gasteiger partial charge in [-0.1, -0.05) is 12.1 Å². The number of oxime groups is 1. The fourth-order valence-electron chi connectivity index (χ4n) is 1.33. The summed E-state index contributed by atoms with van der Waals surface area (Å²) >= 11 is 0. The monoisotopic (exact) mass is 231 g/mol. The van der Waals surface area contributed by atoms with Crippen molar-refractivity contribution >= 4 is 5.84 Å². The van der Waals surface area contributed by atoms with Gasteiger partial charge in [-0.2, -0.15) is 0 Å². The summed E-state index contributed by atoms with van der Waals surface area (Å²) in [5.41, 5.74) is 5.36. The lowest BCUT2D eigenvalue weighted by molar-refractivity contribution is -0.0117. The van der Waals surface area contributed by atoms with Crippen molar-refractivity contribution in [3.05, 3.63) is 0 Å². The molecule has 0 saturated carbocycles. The Labute approximate surface area is 98.2 Å². The Hall–Kier alpha value is -0.810. The van der Waals surface area contributed by atoms with E-state index in [0.717, 1.165) is 19.5 Å². The second kappa shape index (κ2) is 7.46. The number of hydrogen-bond donors (Lipinski definition) is 2. The van der Waals surface area contributed by atoms with Crippen LogP contribution in [0.5, 0.6) is 0 Å². The van der Waals surface area contributed by atoms with Crippen LogP contribution in [0.2, 0.25) is 0 Å². The van der Waals surface area contributed by atoms with Gasteiger partial charge in [-0.05, 0) is 33.7 Å². The third kappa shape index (κ3) is 8.49. The molecule has 0 aromatic heterocycles. The molecule has 5 nitrogen and oxygen atoms in total. The van der Waals surface area contributed by atoms with Gasteiger partial charge in [-0.25, -0.2) is 0 Å². The maximum Gasteiger partial charge on any atom is 0.153 e. The number of ether oxygens (including phenoxy) is 1. The normalized spacial score (nSPS) is 13.4. The summed E-state index contributed by atoms with van der Waals surface area (Å²) in [4.78, 5) is 2.11. The van der Waals surface area contributed by atoms with Gasteiger partial charge in [0.05, 0.1) is 18.8 Å². The molecule has 0 unspecified atom stereocenters. The maximum absolute atomic E-state index is 8.51. The van der Waals surface area contributed by atoms with E-state index in [-0.39, 0.29) is 11.4 Å². The van der Waals surface area contributed by atoms with Crippen molar-refractivity contribution in [3.63, 3.8) is 0 Å². The molecule has 0 bridgehead atoms. The first-order valence-corrected chi connectivity index (χ1v) is 5.71. The first-order chi connectivity index (χ1) is 7.39. The molecule has 0 aliphatic carbocycles. The molecule has 0 aliphatic heterocycles. The molecule has 3 N–H and O–H groups in total. The average Bonchev–Trinajstić information content (AvgIpc) is 2.15. The van der Waals surface area contributed by atoms with E-state index in [1.165, 1.54) is 0 Å². The molecule has 0 rings (SSSR count). The highest BCUT2D eigenvalue weighted by atomic mass is 16.5. The number of nitrogens with zero attached hydrogens (tertiary/aromatic N) is 2. The standard InChI is InChI=1S/C11H25N3O2/c1-5-6-14(9-10(12)13-15)7-8-16-11(2,3)4/h15H,5-9H2,1-4H3,(H2,12,13). The molecular weight excluding hydrogens is 206 g/mol. The Balaban J connectivity index is 3.94. The molecule has 0 saturated heterocycles. The Morgan fingerprint density at radius 1 is 1.38 bits per heavy atom. The van der Waals surface area contributed by atoms with E-state index in [9.17, 15) is 0 Å². The fraction of sp³-hybridized carbons (Fsp3) is 0.909. The second-order valence-electron chi connectivity index (χ2n) is 4.83. The third-order valence-electron chi connectivity index (χ3n) is 2.00. The van der Waals surface area contributed by atoms with Crippen molar-refractivity contribution in [2.75, 3.05) is 26.2 Å². The molecule has 0 aromatic carbocycles. The predicted octanol–water partition coefficient (Wildman–Crippen LogP) is 1.26. The van der Waals surface area contributed by atoms with Gasteiger partial charge in [0, 0.05) is 6.54 Å². The summed E-state index contributed by atoms with van der Waals surface area (Å²) in [6.07, 6.45) is 1.04. The summed E-state index contributed by atoms with van der Waals surface area (Å²) in [7, 11) is 0. The Morgan fingerprint density at radius 3 is 2.44 bits per heavy atom. The maximum atomic E-state index is 8.51. The van der Waals surface area contributed by atoms with Gasteiger partial charge in [0.2, 0.25) is 0 Å². The molecule has 16 heavy (non-hydrogen) atoms. The minimum Gasteiger partial charge on any atom is -0.409 e. The molecule has 0 heterocycles. The molecule has 0 atom stereocenters. The topological polar surface area (TPSA) is 71.1 Å². The van der Waals surface area contributed by atoms with Gasteiger partial charge in [-0.3, -0.25) is 4.90 Å². The third-order valence-corrected chi connectivity index (χ3v) is 2.00. The van der Waals surface area contributed by atoms with Crippen LogP contribution in [0.15, 0.2) is 5.16 Å². The summed E-state index contributed by atoms with van der Waals surface area (Å²) < 4.78 is 5.64. The van der Waals surface area contributed by atoms with Gasteiger partial charge >= 0.3 is 0 Å². The zero-order chi connectivity index (χ0) is 12.6. The summed E-state index contributed by atoms with van der Waals surface area (Å²) in [5.74, 6) is 0.240. The van der Waals surface area contributed by atoms with E-state index >= 15 is 0 Å². The minimum absolute atomic E-state index is 0.117. The van der Waals surface area contributed by atoms with E-state index < -0.39 is 0 Å². The number of nitrogens with two attached hydrogens (primary N) is 1. The van der Waals surface area contributed by atoms with Crippen LogP contribution in [0.4, 0.5) is 0 Å². The highest BCUT2D eigenvalue weighted by Crippen LogP contribution is 2.06. The highest BCUT2D eigenvalue weighted by molar-refractivity contribution is 5.81. The van der Waals surface area contributed by atoms with Gasteiger partial charge in [0.1, 0.15) is 0 Å². The largest absolute Gasteiger partial charge is 0.409 e. The molecule has 0 fully saturated rings. The van der Waals surface area contributed by atoms with Crippen LogP contribution in [0.3, 0.4) is 0 Å². The fourth-order valence-corrected chi connectivity index (χ4v) is 1.33. The SMILES string of the molecule is CCCN(CCOC(C)(C)C)CC(N)=NO. The van der Waals surface area contributed by atoms with Gasteiger partial charge in [-0.15, -0.1) is 0 Å². The van der Waals surface area contributed by atoms with Crippen LogP contribution < -0.4 is 5.73 Å². The number of hydrogen-bond acceptors (Lipinski definition) is 4. The van der Waals surface area contributed by atoms with Crippen molar-refractivity contribution < 1.29 is 9.94 Å². The van der Waals surface area contributed by atoms with Crippen LogP contribution in [-0.2, 0) is 4.74 Å². The predicted molar refractivity (Wildman–Crippen MR) is 65.8 cm³/mol. The summed E-state index contributed by atoms with van der Waals surface area (Å²) in [6.45, 7) is 11.0. The molecule has 0 radical (unpaired) electrons. The first-order valence-electron chi connectivity index (χ1n) is 5.71. The zero-order valence-corrected chi connectivity index (χ0v) is 10.9. The van der Waals surface area contributed by atoms with Crippen LogP contribution >= 0.6 is 0 Å². The number of rotatable bonds is 7. The molecular formula is C11H25N3O2. The van der Waals surface area contributed by atoms with Crippen molar-refractivity contribution in [2.45, 2.75) is 39.7 Å². The van der Waals surface area contributed by atoms with Crippen molar-refractivity contribution in [3.8, 4) is 0 Å². The van der Waals surface area contributed by atoms with Gasteiger partial charge < -0.3 is 15.7 Å². The van der Waals surface area contributed by atoms with Crippen LogP contribution in [-0.4, -0.2) is 47.8 Å². The van der Waals surface area contributed by atoms with E-state index in [0.29, 0.717) is 13.2 Å². The average molecular weight is 231 g/mol. The van der Waals surface area contributed by atoms with Crippen LogP contribution in [0, 0.1) is 0 Å². The van der Waals surface area contributed by atoms with E-state index in [1.54, 1.807) is 0 Å². The quantitative estimate of drug-likeness (QED) is 0.299. The summed E-state index contributed by atoms with van der Waals surface area (Å²) in [6, 6.07) is 0. The minimum atomic E-state index is -0.117. The second-order valence-corrected chi connectivity index (χ2v) is 4.83. The van der Waals surface area contributed by atoms with Crippen LogP contribution in [0.25, 0.3) is 0 Å². The smallest absolute Gasteiger partial charge is 0.153 e. The lowest BCUT2D eigenvalue weighted by Gasteiger charge is -2.24. The van der Waals surface area contributed by atoms with Crippen LogP contribution in [0.1, 0.15) is 34.1 Å². The van der Waals surface area contributed by atoms with Gasteiger partial charge in [0.25, 0.3) is 0 Å². The Morgan fingerprint density at radius 2 is 2.00 bits per heavy atom. The molecule has 0 aliphatic rings. The Bertz CT molecular complexity index is 212. The lowest BCUT2D eigenvalue weighted by atomic mass is 10.2. The summed E-state index contributed by atoms with van der Waals surface area (Å²) in [5, 5.41) is 11.5. The highest BCUT2D eigenvalue weighted by Gasteiger charge is 2.12. The van der Waals surface area contributed by atoms with Crippen molar-refractivity contribution in [1.29, 1.82) is 0 Å². The van der Waals surface area contributed by atoms with E-state index in [2.05, 4.69) is 17.0 Å². The zero-order valence-electron chi connectivity index (χ0n) is 10.9. The van der Waals surface area contributed by atoms with Crippen molar-refractivity contribution in [1.82, 2.24) is 4.90 Å². The molecule has 5 heteroatoms. The van der Waals surface area contributed by atoms with Crippen molar-refractivity contribution in [2.24, 2.45) is 10.9 Å². The molecule has 0 amide bonds. The molecule has 0 spiro atoms. The van der Waals surface area contributed by atoms with E-state index in [4.69, 9.17) is 15.7 Å². The number of amidine groups is 1. The first kappa shape index (κ1) is 15.2.